The molecule has 1 heterocycles. The Kier molecular flexibility index (Phi) is 5.53. The minimum Gasteiger partial charge on any atom is -0.321 e. The van der Waals surface area contributed by atoms with Gasteiger partial charge in [-0.1, -0.05) is 50.2 Å². The smallest absolute Gasteiger partial charge is 0.100 e. The highest BCUT2D eigenvalue weighted by atomic mass is 79.9. The molecule has 0 N–H and O–H groups in total. The van der Waals surface area contributed by atoms with Crippen molar-refractivity contribution in [2.24, 2.45) is 0 Å². The van der Waals surface area contributed by atoms with Crippen LogP contribution in [0.25, 0.3) is 10.8 Å². The molecule has 0 unspecified atom stereocenters. The Bertz CT molecular complexity index is 1190. The summed E-state index contributed by atoms with van der Waals surface area (Å²) in [5.41, 5.74) is 7.58. The first-order valence-corrected chi connectivity index (χ1v) is 12.3. The number of nitrogens with zero attached hydrogens (tertiary/aromatic N) is 2. The van der Waals surface area contributed by atoms with Gasteiger partial charge in [0.25, 0.3) is 0 Å². The van der Waals surface area contributed by atoms with Crippen LogP contribution in [0, 0.1) is 0 Å². The molecule has 1 aliphatic heterocycles. The molecule has 2 nitrogen and oxygen atoms in total. The molecule has 0 atom stereocenters. The maximum atomic E-state index is 3.83. The molecule has 0 aliphatic carbocycles. The van der Waals surface area contributed by atoms with E-state index in [4.69, 9.17) is 0 Å². The van der Waals surface area contributed by atoms with E-state index in [1.165, 1.54) is 44.6 Å². The number of halogens is 2. The van der Waals surface area contributed by atoms with Crippen LogP contribution < -0.4 is 9.80 Å². The van der Waals surface area contributed by atoms with Crippen LogP contribution >= 0.6 is 31.9 Å². The molecule has 0 bridgehead atoms. The van der Waals surface area contributed by atoms with Crippen LogP contribution in [0.2, 0.25) is 0 Å². The molecule has 1 aliphatic rings. The van der Waals surface area contributed by atoms with E-state index in [1.54, 1.807) is 0 Å². The third-order valence-corrected chi connectivity index (χ3v) is 7.49. The SMILES string of the molecule is CCc1ccc(Br)c(N2CN(c3cc(CC)ccc3Br)c3cccc4cccc2c34)c1. The molecule has 4 aromatic carbocycles. The summed E-state index contributed by atoms with van der Waals surface area (Å²) >= 11 is 7.65. The van der Waals surface area contributed by atoms with E-state index in [9.17, 15) is 0 Å². The lowest BCUT2D eigenvalue weighted by atomic mass is 10.0. The molecule has 31 heavy (non-hydrogen) atoms. The molecular weight excluding hydrogens is 512 g/mol. The summed E-state index contributed by atoms with van der Waals surface area (Å²) in [6.07, 6.45) is 2.03. The van der Waals surface area contributed by atoms with Crippen LogP contribution in [-0.4, -0.2) is 6.67 Å². The van der Waals surface area contributed by atoms with Gasteiger partial charge in [-0.05, 0) is 97.6 Å². The summed E-state index contributed by atoms with van der Waals surface area (Å²) < 4.78 is 2.23. The van der Waals surface area contributed by atoms with Gasteiger partial charge < -0.3 is 9.80 Å². The lowest BCUT2D eigenvalue weighted by Gasteiger charge is -2.40. The Hall–Kier alpha value is -2.30. The van der Waals surface area contributed by atoms with E-state index in [0.29, 0.717) is 0 Å². The van der Waals surface area contributed by atoms with Crippen molar-refractivity contribution >= 4 is 65.4 Å². The Labute approximate surface area is 200 Å². The topological polar surface area (TPSA) is 6.48 Å². The summed E-state index contributed by atoms with van der Waals surface area (Å²) in [7, 11) is 0. The van der Waals surface area contributed by atoms with Gasteiger partial charge in [0.15, 0.2) is 0 Å². The molecule has 5 rings (SSSR count). The van der Waals surface area contributed by atoms with Gasteiger partial charge in [0, 0.05) is 14.3 Å². The van der Waals surface area contributed by atoms with E-state index in [0.717, 1.165) is 28.5 Å². The number of hydrogen-bond acceptors (Lipinski definition) is 2. The van der Waals surface area contributed by atoms with Crippen molar-refractivity contribution in [3.63, 3.8) is 0 Å². The predicted octanol–water partition coefficient (Wildman–Crippen LogP) is 8.74. The Morgan fingerprint density at radius 2 is 1.13 bits per heavy atom. The van der Waals surface area contributed by atoms with Gasteiger partial charge in [0.05, 0.1) is 22.7 Å². The van der Waals surface area contributed by atoms with Gasteiger partial charge in [-0.15, -0.1) is 0 Å². The fourth-order valence-corrected chi connectivity index (χ4v) is 5.35. The minimum atomic E-state index is 0.744. The fourth-order valence-electron chi connectivity index (χ4n) is 4.43. The standard InChI is InChI=1S/C27H24Br2N2/c1-3-18-11-13-21(28)25(15-18)30-17-31(26-16-19(4-2)12-14-22(26)29)24-10-6-8-20-7-5-9-23(30)27(20)24/h5-16H,3-4,17H2,1-2H3. The second-order valence-corrected chi connectivity index (χ2v) is 9.64. The first-order chi connectivity index (χ1) is 15.1. The zero-order valence-corrected chi connectivity index (χ0v) is 20.9. The van der Waals surface area contributed by atoms with Crippen molar-refractivity contribution in [1.29, 1.82) is 0 Å². The number of hydrogen-bond donors (Lipinski definition) is 0. The van der Waals surface area contributed by atoms with Crippen molar-refractivity contribution in [3.05, 3.63) is 92.9 Å². The zero-order valence-electron chi connectivity index (χ0n) is 17.7. The lowest BCUT2D eigenvalue weighted by Crippen LogP contribution is -2.36. The Balaban J connectivity index is 1.78. The maximum Gasteiger partial charge on any atom is 0.100 e. The van der Waals surface area contributed by atoms with Crippen LogP contribution in [0.1, 0.15) is 25.0 Å². The maximum absolute atomic E-state index is 3.83. The summed E-state index contributed by atoms with van der Waals surface area (Å²) in [6.45, 7) is 5.16. The second kappa shape index (κ2) is 8.33. The van der Waals surface area contributed by atoms with Gasteiger partial charge in [-0.2, -0.15) is 0 Å². The molecule has 156 valence electrons. The highest BCUT2D eigenvalue weighted by Gasteiger charge is 2.28. The predicted molar refractivity (Wildman–Crippen MR) is 140 cm³/mol. The van der Waals surface area contributed by atoms with E-state index in [1.807, 2.05) is 0 Å². The highest BCUT2D eigenvalue weighted by Crippen LogP contribution is 2.47. The first-order valence-electron chi connectivity index (χ1n) is 10.7. The van der Waals surface area contributed by atoms with Crippen LogP contribution in [0.4, 0.5) is 22.7 Å². The van der Waals surface area contributed by atoms with E-state index in [2.05, 4.69) is 128 Å². The quantitative estimate of drug-likeness (QED) is 0.257. The largest absolute Gasteiger partial charge is 0.321 e. The zero-order chi connectivity index (χ0) is 21.5. The van der Waals surface area contributed by atoms with Crippen LogP contribution in [0.3, 0.4) is 0 Å². The molecule has 0 saturated heterocycles. The lowest BCUT2D eigenvalue weighted by molar-refractivity contribution is 0.909. The van der Waals surface area contributed by atoms with Gasteiger partial charge in [0.2, 0.25) is 0 Å². The third kappa shape index (κ3) is 3.56. The Morgan fingerprint density at radius 1 is 0.645 bits per heavy atom. The second-order valence-electron chi connectivity index (χ2n) is 7.93. The highest BCUT2D eigenvalue weighted by molar-refractivity contribution is 9.11. The summed E-state index contributed by atoms with van der Waals surface area (Å²) in [6, 6.07) is 26.6. The molecule has 0 spiro atoms. The summed E-state index contributed by atoms with van der Waals surface area (Å²) in [5.74, 6) is 0. The molecule has 4 heteroatoms. The Morgan fingerprint density at radius 3 is 1.58 bits per heavy atom. The molecule has 0 aromatic heterocycles. The first kappa shape index (κ1) is 20.6. The van der Waals surface area contributed by atoms with Gasteiger partial charge in [-0.3, -0.25) is 0 Å². The number of benzene rings is 4. The van der Waals surface area contributed by atoms with Gasteiger partial charge >= 0.3 is 0 Å². The van der Waals surface area contributed by atoms with E-state index >= 15 is 0 Å². The van der Waals surface area contributed by atoms with Crippen LogP contribution in [0.15, 0.2) is 81.7 Å². The summed E-state index contributed by atoms with van der Waals surface area (Å²) in [5, 5.41) is 2.55. The summed E-state index contributed by atoms with van der Waals surface area (Å²) in [4.78, 5) is 4.87. The molecule has 0 saturated carbocycles. The van der Waals surface area contributed by atoms with Gasteiger partial charge in [0.1, 0.15) is 6.67 Å². The molecule has 0 fully saturated rings. The van der Waals surface area contributed by atoms with Crippen molar-refractivity contribution in [3.8, 4) is 0 Å². The monoisotopic (exact) mass is 534 g/mol. The molecule has 4 aromatic rings. The minimum absolute atomic E-state index is 0.744. The normalized spacial score (nSPS) is 13.2. The van der Waals surface area contributed by atoms with Crippen molar-refractivity contribution in [1.82, 2.24) is 0 Å². The van der Waals surface area contributed by atoms with Crippen LogP contribution in [-0.2, 0) is 12.8 Å². The van der Waals surface area contributed by atoms with Crippen molar-refractivity contribution in [2.45, 2.75) is 26.7 Å². The molecule has 0 amide bonds. The average Bonchev–Trinajstić information content (AvgIpc) is 2.81. The van der Waals surface area contributed by atoms with E-state index in [-0.39, 0.29) is 0 Å². The average molecular weight is 536 g/mol. The number of anilines is 4. The van der Waals surface area contributed by atoms with Crippen LogP contribution in [0.5, 0.6) is 0 Å². The van der Waals surface area contributed by atoms with E-state index < -0.39 is 0 Å². The van der Waals surface area contributed by atoms with Crippen molar-refractivity contribution in [2.75, 3.05) is 16.5 Å². The molecule has 0 radical (unpaired) electrons. The number of aryl methyl sites for hydroxylation is 2. The van der Waals surface area contributed by atoms with Crippen molar-refractivity contribution < 1.29 is 0 Å². The molecular formula is C27H24Br2N2. The fraction of sp³-hybridized carbons (Fsp3) is 0.185. The third-order valence-electron chi connectivity index (χ3n) is 6.14. The number of rotatable bonds is 4. The van der Waals surface area contributed by atoms with Gasteiger partial charge in [-0.25, -0.2) is 0 Å².